The molecule has 0 atom stereocenters. The number of rotatable bonds is 9. The summed E-state index contributed by atoms with van der Waals surface area (Å²) in [5.74, 6) is 0.605. The minimum atomic E-state index is -0.484. The Kier molecular flexibility index (Phi) is 7.83. The average Bonchev–Trinajstić information content (AvgIpc) is 3.36. The molecule has 0 spiro atoms. The van der Waals surface area contributed by atoms with E-state index in [1.54, 1.807) is 18.3 Å². The van der Waals surface area contributed by atoms with E-state index >= 15 is 0 Å². The van der Waals surface area contributed by atoms with Crippen LogP contribution < -0.4 is 10.6 Å². The molecular weight excluding hydrogens is 406 g/mol. The van der Waals surface area contributed by atoms with Crippen molar-refractivity contribution in [3.63, 3.8) is 0 Å². The third-order valence-corrected chi connectivity index (χ3v) is 5.94. The lowest BCUT2D eigenvalue weighted by molar-refractivity contribution is -0.117. The van der Waals surface area contributed by atoms with Gasteiger partial charge in [0.15, 0.2) is 5.16 Å². The van der Waals surface area contributed by atoms with Gasteiger partial charge in [0.1, 0.15) is 5.82 Å². The monoisotopic (exact) mass is 429 g/mol. The molecule has 2 aromatic heterocycles. The van der Waals surface area contributed by atoms with Gasteiger partial charge in [0.25, 0.3) is 0 Å². The Morgan fingerprint density at radius 3 is 2.69 bits per heavy atom. The molecule has 3 aromatic rings. The van der Waals surface area contributed by atoms with E-state index in [1.807, 2.05) is 29.6 Å². The summed E-state index contributed by atoms with van der Waals surface area (Å²) in [6, 6.07) is 13.8. The second-order valence-electron chi connectivity index (χ2n) is 6.24. The summed E-state index contributed by atoms with van der Waals surface area (Å²) in [6.45, 7) is 2.98. The van der Waals surface area contributed by atoms with Crippen LogP contribution >= 0.6 is 23.1 Å². The number of urea groups is 1. The molecule has 0 bridgehead atoms. The van der Waals surface area contributed by atoms with Gasteiger partial charge in [-0.2, -0.15) is 0 Å². The van der Waals surface area contributed by atoms with Gasteiger partial charge in [-0.15, -0.1) is 21.5 Å². The van der Waals surface area contributed by atoms with Crippen molar-refractivity contribution in [2.45, 2.75) is 31.5 Å². The van der Waals surface area contributed by atoms with Crippen LogP contribution in [-0.4, -0.2) is 39.0 Å². The molecule has 3 rings (SSSR count). The molecule has 0 aliphatic heterocycles. The highest BCUT2D eigenvalue weighted by atomic mass is 32.2. The molecule has 0 aliphatic carbocycles. The molecule has 0 saturated carbocycles. The maximum Gasteiger partial charge on any atom is 0.321 e. The molecule has 2 heterocycles. The number of benzene rings is 1. The average molecular weight is 430 g/mol. The number of hydrogen-bond acceptors (Lipinski definition) is 6. The van der Waals surface area contributed by atoms with Crippen LogP contribution in [0.3, 0.4) is 0 Å². The van der Waals surface area contributed by atoms with Gasteiger partial charge < -0.3 is 9.88 Å². The van der Waals surface area contributed by atoms with Crippen molar-refractivity contribution < 1.29 is 9.59 Å². The largest absolute Gasteiger partial charge is 0.338 e. The number of carbonyl (C=O) groups excluding carboxylic acids is 2. The van der Waals surface area contributed by atoms with E-state index in [-0.39, 0.29) is 11.7 Å². The number of amides is 3. The van der Waals surface area contributed by atoms with Crippen LogP contribution in [-0.2, 0) is 24.2 Å². The molecule has 29 heavy (non-hydrogen) atoms. The zero-order chi connectivity index (χ0) is 20.5. The molecular formula is C20H23N5O2S2. The van der Waals surface area contributed by atoms with Gasteiger partial charge in [-0.3, -0.25) is 10.1 Å². The number of aromatic nitrogens is 3. The van der Waals surface area contributed by atoms with Crippen LogP contribution in [0.2, 0.25) is 0 Å². The lowest BCUT2D eigenvalue weighted by atomic mass is 10.1. The van der Waals surface area contributed by atoms with Crippen molar-refractivity contribution in [3.8, 4) is 0 Å². The smallest absolute Gasteiger partial charge is 0.321 e. The van der Waals surface area contributed by atoms with Crippen molar-refractivity contribution in [1.82, 2.24) is 25.4 Å². The first-order valence-electron chi connectivity index (χ1n) is 9.34. The molecule has 0 fully saturated rings. The van der Waals surface area contributed by atoms with E-state index in [9.17, 15) is 9.59 Å². The number of hydrogen-bond donors (Lipinski definition) is 2. The third kappa shape index (κ3) is 6.43. The first-order chi connectivity index (χ1) is 14.2. The molecule has 0 aliphatic rings. The zero-order valence-electron chi connectivity index (χ0n) is 16.1. The van der Waals surface area contributed by atoms with Crippen LogP contribution in [0.25, 0.3) is 0 Å². The van der Waals surface area contributed by atoms with E-state index in [0.29, 0.717) is 18.1 Å². The van der Waals surface area contributed by atoms with E-state index in [1.165, 1.54) is 22.2 Å². The first-order valence-corrected chi connectivity index (χ1v) is 11.2. The van der Waals surface area contributed by atoms with Gasteiger partial charge >= 0.3 is 6.03 Å². The normalized spacial score (nSPS) is 10.7. The Morgan fingerprint density at radius 2 is 1.97 bits per heavy atom. The number of imide groups is 1. The molecule has 0 saturated heterocycles. The summed E-state index contributed by atoms with van der Waals surface area (Å²) >= 11 is 2.97. The maximum atomic E-state index is 12.0. The van der Waals surface area contributed by atoms with Crippen LogP contribution in [0.15, 0.2) is 53.0 Å². The Hall–Kier alpha value is -2.65. The summed E-state index contributed by atoms with van der Waals surface area (Å²) in [7, 11) is 0. The molecule has 9 heteroatoms. The zero-order valence-corrected chi connectivity index (χ0v) is 17.8. The predicted molar refractivity (Wildman–Crippen MR) is 115 cm³/mol. The van der Waals surface area contributed by atoms with Gasteiger partial charge in [0.2, 0.25) is 5.91 Å². The van der Waals surface area contributed by atoms with Crippen LogP contribution in [0.1, 0.15) is 23.2 Å². The molecule has 152 valence electrons. The SMILES string of the molecule is CCNC(=O)NC(=O)CSc1nnc(Cc2cccs2)n1CCc1ccccc1. The molecule has 2 N–H and O–H groups in total. The fourth-order valence-corrected chi connectivity index (χ4v) is 4.22. The van der Waals surface area contributed by atoms with E-state index < -0.39 is 6.03 Å². The maximum absolute atomic E-state index is 12.0. The predicted octanol–water partition coefficient (Wildman–Crippen LogP) is 3.11. The molecule has 0 unspecified atom stereocenters. The van der Waals surface area contributed by atoms with Gasteiger partial charge in [-0.05, 0) is 30.4 Å². The van der Waals surface area contributed by atoms with Crippen LogP contribution in [0.5, 0.6) is 0 Å². The van der Waals surface area contributed by atoms with Gasteiger partial charge in [-0.25, -0.2) is 4.79 Å². The van der Waals surface area contributed by atoms with Crippen molar-refractivity contribution in [3.05, 3.63) is 64.1 Å². The van der Waals surface area contributed by atoms with Crippen molar-refractivity contribution in [1.29, 1.82) is 0 Å². The topological polar surface area (TPSA) is 88.9 Å². The minimum absolute atomic E-state index is 0.0968. The number of carbonyl (C=O) groups is 2. The highest BCUT2D eigenvalue weighted by Gasteiger charge is 2.16. The van der Waals surface area contributed by atoms with Crippen molar-refractivity contribution in [2.75, 3.05) is 12.3 Å². The van der Waals surface area contributed by atoms with Gasteiger partial charge in [-0.1, -0.05) is 48.2 Å². The van der Waals surface area contributed by atoms with Crippen LogP contribution in [0, 0.1) is 0 Å². The van der Waals surface area contributed by atoms with Crippen molar-refractivity contribution in [2.24, 2.45) is 0 Å². The molecule has 0 radical (unpaired) electrons. The van der Waals surface area contributed by atoms with E-state index in [0.717, 1.165) is 18.8 Å². The Bertz CT molecular complexity index is 926. The van der Waals surface area contributed by atoms with E-state index in [4.69, 9.17) is 0 Å². The Morgan fingerprint density at radius 1 is 1.14 bits per heavy atom. The molecule has 3 amide bonds. The van der Waals surface area contributed by atoms with E-state index in [2.05, 4.69) is 43.6 Å². The summed E-state index contributed by atoms with van der Waals surface area (Å²) in [5.41, 5.74) is 1.23. The number of nitrogens with zero attached hydrogens (tertiary/aromatic N) is 3. The highest BCUT2D eigenvalue weighted by Crippen LogP contribution is 2.21. The van der Waals surface area contributed by atoms with Crippen LogP contribution in [0.4, 0.5) is 4.79 Å². The minimum Gasteiger partial charge on any atom is -0.338 e. The second-order valence-corrected chi connectivity index (χ2v) is 8.21. The third-order valence-electron chi connectivity index (χ3n) is 4.10. The number of nitrogens with one attached hydrogen (secondary N) is 2. The van der Waals surface area contributed by atoms with Gasteiger partial charge in [0, 0.05) is 24.4 Å². The lowest BCUT2D eigenvalue weighted by Crippen LogP contribution is -2.40. The lowest BCUT2D eigenvalue weighted by Gasteiger charge is -2.10. The highest BCUT2D eigenvalue weighted by molar-refractivity contribution is 7.99. The van der Waals surface area contributed by atoms with Gasteiger partial charge in [0.05, 0.1) is 5.75 Å². The number of thioether (sulfide) groups is 1. The summed E-state index contributed by atoms with van der Waals surface area (Å²) < 4.78 is 2.07. The summed E-state index contributed by atoms with van der Waals surface area (Å²) in [5, 5.41) is 16.2. The second kappa shape index (κ2) is 10.8. The molecule has 7 nitrogen and oxygen atoms in total. The molecule has 1 aromatic carbocycles. The standard InChI is InChI=1S/C20H23N5O2S2/c1-2-21-19(27)22-18(26)14-29-20-24-23-17(13-16-9-6-12-28-16)25(20)11-10-15-7-4-3-5-8-15/h3-9,12H,2,10-11,13-14H2,1H3,(H2,21,22,26,27). The summed E-state index contributed by atoms with van der Waals surface area (Å²) in [6.07, 6.45) is 1.54. The quantitative estimate of drug-likeness (QED) is 0.510. The fourth-order valence-electron chi connectivity index (χ4n) is 2.73. The summed E-state index contributed by atoms with van der Waals surface area (Å²) in [4.78, 5) is 24.7. The number of thiophene rings is 1. The Balaban J connectivity index is 1.68. The Labute approximate surface area is 177 Å². The fraction of sp³-hybridized carbons (Fsp3) is 0.300. The number of aryl methyl sites for hydroxylation is 1. The van der Waals surface area contributed by atoms with Crippen molar-refractivity contribution >= 4 is 35.0 Å². The first kappa shape index (κ1) is 21.1.